The predicted molar refractivity (Wildman–Crippen MR) is 83.1 cm³/mol. The summed E-state index contributed by atoms with van der Waals surface area (Å²) in [7, 11) is 4.84. The Morgan fingerprint density at radius 2 is 2.05 bits per heavy atom. The summed E-state index contributed by atoms with van der Waals surface area (Å²) in [6.07, 6.45) is 1.13. The lowest BCUT2D eigenvalue weighted by Gasteiger charge is -2.40. The molecule has 2 N–H and O–H groups in total. The molecule has 1 aliphatic heterocycles. The molecule has 6 nitrogen and oxygen atoms in total. The number of carbonyl (C=O) groups is 1. The van der Waals surface area contributed by atoms with E-state index in [9.17, 15) is 4.79 Å². The van der Waals surface area contributed by atoms with E-state index in [0.717, 1.165) is 5.56 Å². The van der Waals surface area contributed by atoms with Gasteiger partial charge in [-0.3, -0.25) is 4.79 Å². The first-order valence-corrected chi connectivity index (χ1v) is 7.38. The van der Waals surface area contributed by atoms with Crippen LogP contribution in [0.5, 0.6) is 11.5 Å². The highest BCUT2D eigenvalue weighted by atomic mass is 16.5. The minimum atomic E-state index is -0.235. The van der Waals surface area contributed by atoms with Gasteiger partial charge in [-0.1, -0.05) is 0 Å². The van der Waals surface area contributed by atoms with Crippen LogP contribution >= 0.6 is 0 Å². The Morgan fingerprint density at radius 1 is 1.27 bits per heavy atom. The van der Waals surface area contributed by atoms with Crippen molar-refractivity contribution in [3.05, 3.63) is 23.8 Å². The SMILES string of the molecule is COCCN1C(=O)CCC(N)C1c1cc(OC)ccc1OC. The monoisotopic (exact) mass is 308 g/mol. The summed E-state index contributed by atoms with van der Waals surface area (Å²) < 4.78 is 15.9. The summed E-state index contributed by atoms with van der Waals surface area (Å²) >= 11 is 0. The van der Waals surface area contributed by atoms with Crippen LogP contribution in [0.3, 0.4) is 0 Å². The van der Waals surface area contributed by atoms with E-state index in [4.69, 9.17) is 19.9 Å². The average molecular weight is 308 g/mol. The molecule has 22 heavy (non-hydrogen) atoms. The predicted octanol–water partition coefficient (Wildman–Crippen LogP) is 1.34. The Balaban J connectivity index is 2.41. The first-order valence-electron chi connectivity index (χ1n) is 7.38. The normalized spacial score (nSPS) is 21.8. The van der Waals surface area contributed by atoms with Gasteiger partial charge in [0.25, 0.3) is 0 Å². The maximum Gasteiger partial charge on any atom is 0.223 e. The minimum absolute atomic E-state index is 0.0913. The van der Waals surface area contributed by atoms with E-state index < -0.39 is 0 Å². The zero-order valence-electron chi connectivity index (χ0n) is 13.4. The van der Waals surface area contributed by atoms with E-state index in [-0.39, 0.29) is 18.0 Å². The zero-order chi connectivity index (χ0) is 16.1. The highest BCUT2D eigenvalue weighted by Gasteiger charge is 2.36. The number of amides is 1. The van der Waals surface area contributed by atoms with Crippen molar-refractivity contribution in [1.82, 2.24) is 4.90 Å². The van der Waals surface area contributed by atoms with Gasteiger partial charge in [-0.05, 0) is 24.6 Å². The fraction of sp³-hybridized carbons (Fsp3) is 0.562. The summed E-state index contributed by atoms with van der Waals surface area (Å²) in [5.74, 6) is 1.51. The third-order valence-corrected chi connectivity index (χ3v) is 4.05. The highest BCUT2D eigenvalue weighted by molar-refractivity contribution is 5.78. The van der Waals surface area contributed by atoms with Crippen molar-refractivity contribution >= 4 is 5.91 Å². The molecule has 2 atom stereocenters. The van der Waals surface area contributed by atoms with Gasteiger partial charge in [-0.25, -0.2) is 0 Å². The summed E-state index contributed by atoms with van der Waals surface area (Å²) in [6.45, 7) is 0.981. The number of piperidine rings is 1. The summed E-state index contributed by atoms with van der Waals surface area (Å²) in [5, 5.41) is 0. The second-order valence-corrected chi connectivity index (χ2v) is 5.34. The molecular weight excluding hydrogens is 284 g/mol. The Kier molecular flexibility index (Phi) is 5.63. The van der Waals surface area contributed by atoms with Gasteiger partial charge in [0.05, 0.1) is 26.9 Å². The van der Waals surface area contributed by atoms with Crippen LogP contribution in [0.25, 0.3) is 0 Å². The van der Waals surface area contributed by atoms with Crippen molar-refractivity contribution in [3.63, 3.8) is 0 Å². The number of rotatable bonds is 6. The first kappa shape index (κ1) is 16.6. The van der Waals surface area contributed by atoms with Gasteiger partial charge in [-0.15, -0.1) is 0 Å². The molecule has 2 unspecified atom stereocenters. The van der Waals surface area contributed by atoms with E-state index in [2.05, 4.69) is 0 Å². The molecule has 1 amide bonds. The summed E-state index contributed by atoms with van der Waals surface area (Å²) in [5.41, 5.74) is 7.19. The van der Waals surface area contributed by atoms with Crippen LogP contribution in [-0.4, -0.2) is 51.3 Å². The maximum absolute atomic E-state index is 12.3. The van der Waals surface area contributed by atoms with Gasteiger partial charge in [0.15, 0.2) is 0 Å². The molecule has 6 heteroatoms. The molecule has 0 aliphatic carbocycles. The quantitative estimate of drug-likeness (QED) is 0.858. The fourth-order valence-corrected chi connectivity index (χ4v) is 2.90. The van der Waals surface area contributed by atoms with Gasteiger partial charge in [0, 0.05) is 31.7 Å². The number of hydrogen-bond donors (Lipinski definition) is 1. The molecule has 0 saturated carbocycles. The van der Waals surface area contributed by atoms with Crippen molar-refractivity contribution in [1.29, 1.82) is 0 Å². The van der Waals surface area contributed by atoms with Crippen LogP contribution in [-0.2, 0) is 9.53 Å². The Morgan fingerprint density at radius 3 is 2.68 bits per heavy atom. The van der Waals surface area contributed by atoms with Crippen LogP contribution in [0.1, 0.15) is 24.4 Å². The second-order valence-electron chi connectivity index (χ2n) is 5.34. The van der Waals surface area contributed by atoms with Crippen LogP contribution in [0.4, 0.5) is 0 Å². The topological polar surface area (TPSA) is 74.0 Å². The number of nitrogens with two attached hydrogens (primary N) is 1. The second kappa shape index (κ2) is 7.47. The van der Waals surface area contributed by atoms with E-state index >= 15 is 0 Å². The fourth-order valence-electron chi connectivity index (χ4n) is 2.90. The lowest BCUT2D eigenvalue weighted by atomic mass is 9.89. The lowest BCUT2D eigenvalue weighted by molar-refractivity contribution is -0.138. The van der Waals surface area contributed by atoms with Crippen molar-refractivity contribution in [2.45, 2.75) is 24.9 Å². The Hall–Kier alpha value is -1.79. The van der Waals surface area contributed by atoms with E-state index in [0.29, 0.717) is 37.5 Å². The van der Waals surface area contributed by atoms with Crippen molar-refractivity contribution < 1.29 is 19.0 Å². The highest BCUT2D eigenvalue weighted by Crippen LogP contribution is 2.37. The standard InChI is InChI=1S/C16H24N2O4/c1-20-9-8-18-15(19)7-5-13(17)16(18)12-10-11(21-2)4-6-14(12)22-3/h4,6,10,13,16H,5,7-9,17H2,1-3H3. The Bertz CT molecular complexity index is 521. The van der Waals surface area contributed by atoms with Crippen molar-refractivity contribution in [3.8, 4) is 11.5 Å². The number of carbonyl (C=O) groups excluding carboxylic acids is 1. The van der Waals surface area contributed by atoms with Crippen LogP contribution in [0.15, 0.2) is 18.2 Å². The number of likely N-dealkylation sites (tertiary alicyclic amines) is 1. The molecule has 2 rings (SSSR count). The van der Waals surface area contributed by atoms with Gasteiger partial charge < -0.3 is 24.8 Å². The molecule has 0 bridgehead atoms. The molecule has 1 aromatic rings. The number of methoxy groups -OCH3 is 3. The number of benzene rings is 1. The number of hydrogen-bond acceptors (Lipinski definition) is 5. The smallest absolute Gasteiger partial charge is 0.223 e. The molecule has 1 aliphatic rings. The van der Waals surface area contributed by atoms with Crippen LogP contribution in [0.2, 0.25) is 0 Å². The summed E-state index contributed by atoms with van der Waals surface area (Å²) in [6, 6.07) is 5.19. The number of nitrogens with zero attached hydrogens (tertiary/aromatic N) is 1. The molecule has 1 heterocycles. The molecule has 0 aromatic heterocycles. The maximum atomic E-state index is 12.3. The third-order valence-electron chi connectivity index (χ3n) is 4.05. The van der Waals surface area contributed by atoms with Gasteiger partial charge in [0.1, 0.15) is 11.5 Å². The Labute approximate surface area is 131 Å². The minimum Gasteiger partial charge on any atom is -0.497 e. The summed E-state index contributed by atoms with van der Waals surface area (Å²) in [4.78, 5) is 14.1. The average Bonchev–Trinajstić information content (AvgIpc) is 2.55. The van der Waals surface area contributed by atoms with Gasteiger partial charge in [0.2, 0.25) is 5.91 Å². The molecule has 1 fully saturated rings. The van der Waals surface area contributed by atoms with E-state index in [1.54, 1.807) is 26.2 Å². The van der Waals surface area contributed by atoms with Gasteiger partial charge in [-0.2, -0.15) is 0 Å². The molecule has 122 valence electrons. The van der Waals surface area contributed by atoms with Crippen molar-refractivity contribution in [2.75, 3.05) is 34.5 Å². The third kappa shape index (κ3) is 3.34. The molecule has 0 spiro atoms. The molecule has 1 aromatic carbocycles. The molecule has 1 saturated heterocycles. The lowest BCUT2D eigenvalue weighted by Crippen LogP contribution is -2.49. The first-order chi connectivity index (χ1) is 10.6. The molecular formula is C16H24N2O4. The van der Waals surface area contributed by atoms with E-state index in [1.165, 1.54) is 0 Å². The van der Waals surface area contributed by atoms with Crippen LogP contribution in [0, 0.1) is 0 Å². The zero-order valence-corrected chi connectivity index (χ0v) is 13.4. The largest absolute Gasteiger partial charge is 0.497 e. The molecule has 0 radical (unpaired) electrons. The van der Waals surface area contributed by atoms with E-state index in [1.807, 2.05) is 18.2 Å². The number of ether oxygens (including phenoxy) is 3. The van der Waals surface area contributed by atoms with Crippen LogP contribution < -0.4 is 15.2 Å². The van der Waals surface area contributed by atoms with Crippen molar-refractivity contribution in [2.24, 2.45) is 5.73 Å². The van der Waals surface area contributed by atoms with Gasteiger partial charge >= 0.3 is 0 Å².